The molecule has 7 heteroatoms. The lowest BCUT2D eigenvalue weighted by Gasteiger charge is -2.08. The van der Waals surface area contributed by atoms with Crippen LogP contribution in [0.3, 0.4) is 0 Å². The van der Waals surface area contributed by atoms with Gasteiger partial charge in [0.05, 0.1) is 36.5 Å². The Morgan fingerprint density at radius 3 is 2.96 bits per heavy atom. The minimum Gasteiger partial charge on any atom is -0.382 e. The molecule has 3 rings (SSSR count). The van der Waals surface area contributed by atoms with Gasteiger partial charge in [-0.25, -0.2) is 4.98 Å². The standard InChI is InChI=1S/C16H21N3O4/c1-10-14-12(15(20)17-5-6-22-8-7-21-2)9-13(11-3-4-11)18-16(14)23-19-10/h9,11H,3-8H2,1-2H3,(H,17,20). The van der Waals surface area contributed by atoms with Crippen LogP contribution in [0.4, 0.5) is 0 Å². The molecule has 1 fully saturated rings. The maximum absolute atomic E-state index is 12.5. The van der Waals surface area contributed by atoms with E-state index in [9.17, 15) is 4.79 Å². The van der Waals surface area contributed by atoms with Crippen molar-refractivity contribution < 1.29 is 18.8 Å². The Morgan fingerprint density at radius 1 is 1.39 bits per heavy atom. The van der Waals surface area contributed by atoms with E-state index in [0.29, 0.717) is 54.6 Å². The number of aryl methyl sites for hydroxylation is 1. The van der Waals surface area contributed by atoms with Crippen LogP contribution < -0.4 is 5.32 Å². The van der Waals surface area contributed by atoms with Gasteiger partial charge in [0.2, 0.25) is 0 Å². The lowest BCUT2D eigenvalue weighted by atomic mass is 10.1. The molecule has 0 radical (unpaired) electrons. The van der Waals surface area contributed by atoms with E-state index < -0.39 is 0 Å². The summed E-state index contributed by atoms with van der Waals surface area (Å²) in [6, 6.07) is 1.87. The van der Waals surface area contributed by atoms with E-state index in [1.165, 1.54) is 0 Å². The van der Waals surface area contributed by atoms with Crippen molar-refractivity contribution in [1.82, 2.24) is 15.5 Å². The molecule has 1 saturated carbocycles. The number of aromatic nitrogens is 2. The number of hydrogen-bond acceptors (Lipinski definition) is 6. The minimum atomic E-state index is -0.152. The first-order chi connectivity index (χ1) is 11.2. The predicted octanol–water partition coefficient (Wildman–Crippen LogP) is 1.80. The second kappa shape index (κ2) is 7.06. The van der Waals surface area contributed by atoms with Crippen LogP contribution in [0.15, 0.2) is 10.6 Å². The fraction of sp³-hybridized carbons (Fsp3) is 0.562. The molecule has 1 aliphatic rings. The number of hydrogen-bond donors (Lipinski definition) is 1. The Labute approximate surface area is 134 Å². The summed E-state index contributed by atoms with van der Waals surface area (Å²) in [7, 11) is 1.62. The normalized spacial score (nSPS) is 14.3. The van der Waals surface area contributed by atoms with Gasteiger partial charge in [-0.2, -0.15) is 0 Å². The predicted molar refractivity (Wildman–Crippen MR) is 83.5 cm³/mol. The summed E-state index contributed by atoms with van der Waals surface area (Å²) < 4.78 is 15.5. The number of methoxy groups -OCH3 is 1. The Morgan fingerprint density at radius 2 is 2.22 bits per heavy atom. The summed E-state index contributed by atoms with van der Waals surface area (Å²) in [4.78, 5) is 17.0. The maximum Gasteiger partial charge on any atom is 0.259 e. The first-order valence-electron chi connectivity index (χ1n) is 7.82. The summed E-state index contributed by atoms with van der Waals surface area (Å²) >= 11 is 0. The van der Waals surface area contributed by atoms with Crippen LogP contribution >= 0.6 is 0 Å². The minimum absolute atomic E-state index is 0.152. The Hall–Kier alpha value is -1.99. The largest absolute Gasteiger partial charge is 0.382 e. The summed E-state index contributed by atoms with van der Waals surface area (Å²) in [6.45, 7) is 3.76. The molecule has 1 amide bonds. The molecule has 7 nitrogen and oxygen atoms in total. The van der Waals surface area contributed by atoms with Crippen molar-refractivity contribution in [3.63, 3.8) is 0 Å². The molecular weight excluding hydrogens is 298 g/mol. The highest BCUT2D eigenvalue weighted by molar-refractivity contribution is 6.06. The summed E-state index contributed by atoms with van der Waals surface area (Å²) in [6.07, 6.45) is 2.22. The van der Waals surface area contributed by atoms with Crippen molar-refractivity contribution in [1.29, 1.82) is 0 Å². The number of amides is 1. The van der Waals surface area contributed by atoms with Crippen LogP contribution in [0, 0.1) is 6.92 Å². The quantitative estimate of drug-likeness (QED) is 0.747. The fourth-order valence-corrected chi connectivity index (χ4v) is 2.46. The van der Waals surface area contributed by atoms with Gasteiger partial charge in [0.25, 0.3) is 11.6 Å². The fourth-order valence-electron chi connectivity index (χ4n) is 2.46. The zero-order valence-electron chi connectivity index (χ0n) is 13.4. The molecule has 2 aromatic heterocycles. The third-order valence-electron chi connectivity index (χ3n) is 3.84. The van der Waals surface area contributed by atoms with E-state index in [4.69, 9.17) is 14.0 Å². The molecule has 0 atom stereocenters. The average molecular weight is 319 g/mol. The smallest absolute Gasteiger partial charge is 0.259 e. The van der Waals surface area contributed by atoms with E-state index >= 15 is 0 Å². The van der Waals surface area contributed by atoms with Crippen molar-refractivity contribution in [3.8, 4) is 0 Å². The molecule has 0 spiro atoms. The van der Waals surface area contributed by atoms with Crippen molar-refractivity contribution in [2.75, 3.05) is 33.5 Å². The molecule has 23 heavy (non-hydrogen) atoms. The van der Waals surface area contributed by atoms with E-state index in [2.05, 4.69) is 15.5 Å². The molecule has 0 aliphatic heterocycles. The van der Waals surface area contributed by atoms with Crippen LogP contribution in [-0.4, -0.2) is 49.5 Å². The molecule has 0 aromatic carbocycles. The van der Waals surface area contributed by atoms with Gasteiger partial charge < -0.3 is 19.3 Å². The van der Waals surface area contributed by atoms with E-state index in [1.54, 1.807) is 7.11 Å². The van der Waals surface area contributed by atoms with Gasteiger partial charge in [0.15, 0.2) is 0 Å². The Kier molecular flexibility index (Phi) is 4.88. The number of rotatable bonds is 8. The van der Waals surface area contributed by atoms with E-state index in [1.807, 2.05) is 13.0 Å². The van der Waals surface area contributed by atoms with Crippen LogP contribution in [0.2, 0.25) is 0 Å². The SMILES string of the molecule is COCCOCCNC(=O)c1cc(C2CC2)nc2onc(C)c12. The van der Waals surface area contributed by atoms with E-state index in [0.717, 1.165) is 18.5 Å². The third-order valence-corrected chi connectivity index (χ3v) is 3.84. The number of nitrogens with zero attached hydrogens (tertiary/aromatic N) is 2. The van der Waals surface area contributed by atoms with Gasteiger partial charge >= 0.3 is 0 Å². The van der Waals surface area contributed by atoms with Crippen molar-refractivity contribution in [3.05, 3.63) is 23.0 Å². The van der Waals surface area contributed by atoms with Crippen molar-refractivity contribution in [2.24, 2.45) is 0 Å². The molecule has 2 heterocycles. The first-order valence-corrected chi connectivity index (χ1v) is 7.82. The van der Waals surface area contributed by atoms with Crippen LogP contribution in [0.5, 0.6) is 0 Å². The number of nitrogens with one attached hydrogen (secondary N) is 1. The van der Waals surface area contributed by atoms with Gasteiger partial charge in [-0.15, -0.1) is 0 Å². The second-order valence-corrected chi connectivity index (χ2v) is 5.68. The molecular formula is C16H21N3O4. The lowest BCUT2D eigenvalue weighted by molar-refractivity contribution is 0.0693. The Balaban J connectivity index is 1.70. The highest BCUT2D eigenvalue weighted by atomic mass is 16.5. The first kappa shape index (κ1) is 15.9. The number of carbonyl (C=O) groups is 1. The molecule has 1 aliphatic carbocycles. The maximum atomic E-state index is 12.5. The van der Waals surface area contributed by atoms with Crippen LogP contribution in [0.25, 0.3) is 11.1 Å². The number of ether oxygens (including phenoxy) is 2. The average Bonchev–Trinajstić information content (AvgIpc) is 3.34. The van der Waals surface area contributed by atoms with Crippen LogP contribution in [-0.2, 0) is 9.47 Å². The summed E-state index contributed by atoms with van der Waals surface area (Å²) in [5.41, 5.74) is 2.60. The summed E-state index contributed by atoms with van der Waals surface area (Å²) in [5, 5.41) is 7.49. The van der Waals surface area contributed by atoms with Crippen LogP contribution in [0.1, 0.15) is 40.5 Å². The number of pyridine rings is 1. The van der Waals surface area contributed by atoms with Crippen molar-refractivity contribution >= 4 is 17.0 Å². The monoisotopic (exact) mass is 319 g/mol. The zero-order chi connectivity index (χ0) is 16.2. The zero-order valence-corrected chi connectivity index (χ0v) is 13.4. The van der Waals surface area contributed by atoms with Crippen molar-refractivity contribution in [2.45, 2.75) is 25.7 Å². The topological polar surface area (TPSA) is 86.5 Å². The second-order valence-electron chi connectivity index (χ2n) is 5.68. The molecule has 1 N–H and O–H groups in total. The lowest BCUT2D eigenvalue weighted by Crippen LogP contribution is -2.28. The van der Waals surface area contributed by atoms with Gasteiger partial charge in [0, 0.05) is 25.3 Å². The molecule has 0 saturated heterocycles. The molecule has 0 bridgehead atoms. The molecule has 124 valence electrons. The van der Waals surface area contributed by atoms with Gasteiger partial charge in [-0.05, 0) is 25.8 Å². The van der Waals surface area contributed by atoms with Gasteiger partial charge in [-0.1, -0.05) is 5.16 Å². The molecule has 0 unspecified atom stereocenters. The highest BCUT2D eigenvalue weighted by Gasteiger charge is 2.28. The van der Waals surface area contributed by atoms with Gasteiger partial charge in [-0.3, -0.25) is 4.79 Å². The highest BCUT2D eigenvalue weighted by Crippen LogP contribution is 2.40. The third kappa shape index (κ3) is 3.68. The molecule has 2 aromatic rings. The number of fused-ring (bicyclic) bond motifs is 1. The van der Waals surface area contributed by atoms with E-state index in [-0.39, 0.29) is 5.91 Å². The van der Waals surface area contributed by atoms with Gasteiger partial charge in [0.1, 0.15) is 0 Å². The Bertz CT molecular complexity index is 694. The number of carbonyl (C=O) groups excluding carboxylic acids is 1. The summed E-state index contributed by atoms with van der Waals surface area (Å²) in [5.74, 6) is 0.287.